The van der Waals surface area contributed by atoms with Crippen molar-refractivity contribution in [2.75, 3.05) is 6.54 Å². The highest BCUT2D eigenvalue weighted by atomic mass is 16.5. The van der Waals surface area contributed by atoms with E-state index in [0.29, 0.717) is 30.0 Å². The summed E-state index contributed by atoms with van der Waals surface area (Å²) in [5, 5.41) is 9.02. The van der Waals surface area contributed by atoms with E-state index >= 15 is 0 Å². The van der Waals surface area contributed by atoms with Crippen molar-refractivity contribution in [3.63, 3.8) is 0 Å². The van der Waals surface area contributed by atoms with Gasteiger partial charge in [-0.25, -0.2) is 4.98 Å². The normalized spacial score (nSPS) is 11.1. The molecule has 1 amide bonds. The number of carbonyl (C=O) groups excluding carboxylic acids is 1. The van der Waals surface area contributed by atoms with E-state index < -0.39 is 0 Å². The van der Waals surface area contributed by atoms with Crippen LogP contribution in [0.5, 0.6) is 5.75 Å². The Morgan fingerprint density at radius 2 is 1.78 bits per heavy atom. The number of carbonyl (C=O) groups is 1. The van der Waals surface area contributed by atoms with E-state index in [2.05, 4.69) is 32.2 Å². The Balaban J connectivity index is 1.30. The van der Waals surface area contributed by atoms with Crippen LogP contribution in [0.25, 0.3) is 10.8 Å². The van der Waals surface area contributed by atoms with Crippen LogP contribution in [0.15, 0.2) is 83.6 Å². The molecule has 0 spiro atoms. The zero-order chi connectivity index (χ0) is 24.9. The van der Waals surface area contributed by atoms with E-state index in [1.54, 1.807) is 6.20 Å². The van der Waals surface area contributed by atoms with Crippen LogP contribution in [0.2, 0.25) is 0 Å². The second-order valence-electron chi connectivity index (χ2n) is 8.75. The second kappa shape index (κ2) is 10.5. The van der Waals surface area contributed by atoms with Gasteiger partial charge in [0.15, 0.2) is 0 Å². The summed E-state index contributed by atoms with van der Waals surface area (Å²) in [5.74, 6) is 1.98. The molecular formula is C29H28N4O3. The molecule has 182 valence electrons. The summed E-state index contributed by atoms with van der Waals surface area (Å²) in [7, 11) is 0. The van der Waals surface area contributed by atoms with Gasteiger partial charge in [-0.15, -0.1) is 0 Å². The van der Waals surface area contributed by atoms with Crippen LogP contribution in [0.4, 0.5) is 0 Å². The van der Waals surface area contributed by atoms with Crippen molar-refractivity contribution in [2.45, 2.75) is 33.4 Å². The van der Waals surface area contributed by atoms with Crippen molar-refractivity contribution in [2.24, 2.45) is 0 Å². The monoisotopic (exact) mass is 480 g/mol. The topological polar surface area (TPSA) is 82.2 Å². The summed E-state index contributed by atoms with van der Waals surface area (Å²) in [6.07, 6.45) is 4.38. The van der Waals surface area contributed by atoms with Crippen LogP contribution in [0, 0.1) is 13.8 Å². The van der Waals surface area contributed by atoms with E-state index in [0.717, 1.165) is 34.4 Å². The van der Waals surface area contributed by atoms with Crippen LogP contribution >= 0.6 is 0 Å². The molecule has 3 aromatic carbocycles. The molecule has 0 aliphatic carbocycles. The lowest BCUT2D eigenvalue weighted by Gasteiger charge is -2.14. The van der Waals surface area contributed by atoms with Crippen LogP contribution in [0.1, 0.15) is 38.8 Å². The molecule has 36 heavy (non-hydrogen) atoms. The summed E-state index contributed by atoms with van der Waals surface area (Å²) >= 11 is 0. The number of aromatic nitrogens is 3. The van der Waals surface area contributed by atoms with E-state index in [4.69, 9.17) is 9.26 Å². The zero-order valence-corrected chi connectivity index (χ0v) is 20.4. The van der Waals surface area contributed by atoms with Gasteiger partial charge in [0.1, 0.15) is 23.9 Å². The lowest BCUT2D eigenvalue weighted by Crippen LogP contribution is -2.27. The molecule has 0 saturated carbocycles. The van der Waals surface area contributed by atoms with Crippen molar-refractivity contribution in [3.8, 4) is 5.75 Å². The molecule has 0 aliphatic rings. The Morgan fingerprint density at radius 1 is 1.03 bits per heavy atom. The van der Waals surface area contributed by atoms with Gasteiger partial charge in [0.2, 0.25) is 0 Å². The summed E-state index contributed by atoms with van der Waals surface area (Å²) < 4.78 is 13.5. The maximum absolute atomic E-state index is 13.3. The van der Waals surface area contributed by atoms with Gasteiger partial charge < -0.3 is 19.1 Å². The molecule has 0 unspecified atom stereocenters. The largest absolute Gasteiger partial charge is 0.488 e. The SMILES string of the molecule is Cc1noc(C)c1COc1cc2ccccc2cc1C(=O)NCCc1nccn1Cc1ccccc1. The third-order valence-electron chi connectivity index (χ3n) is 6.28. The predicted molar refractivity (Wildman–Crippen MR) is 138 cm³/mol. The zero-order valence-electron chi connectivity index (χ0n) is 20.4. The highest BCUT2D eigenvalue weighted by molar-refractivity contribution is 6.01. The summed E-state index contributed by atoms with van der Waals surface area (Å²) in [5.41, 5.74) is 3.37. The number of nitrogens with one attached hydrogen (secondary N) is 1. The standard InChI is InChI=1S/C29H28N4O3/c1-20-26(21(2)36-32-20)19-35-27-17-24-11-7-6-10-23(24)16-25(27)29(34)31-13-12-28-30-14-15-33(28)18-22-8-4-3-5-9-22/h3-11,14-17H,12-13,18-19H2,1-2H3,(H,31,34). The molecule has 7 heteroatoms. The molecule has 2 aromatic heterocycles. The summed E-state index contributed by atoms with van der Waals surface area (Å²) in [6, 6.07) is 22.0. The van der Waals surface area contributed by atoms with Gasteiger partial charge in [0.25, 0.3) is 5.91 Å². The van der Waals surface area contributed by atoms with Gasteiger partial charge >= 0.3 is 0 Å². The van der Waals surface area contributed by atoms with Gasteiger partial charge in [0, 0.05) is 31.9 Å². The maximum Gasteiger partial charge on any atom is 0.255 e. The van der Waals surface area contributed by atoms with E-state index in [1.165, 1.54) is 5.56 Å². The quantitative estimate of drug-likeness (QED) is 0.312. The van der Waals surface area contributed by atoms with Gasteiger partial charge in [-0.3, -0.25) is 4.79 Å². The van der Waals surface area contributed by atoms with Gasteiger partial charge in [0.05, 0.1) is 16.8 Å². The number of imidazole rings is 1. The van der Waals surface area contributed by atoms with Crippen molar-refractivity contribution >= 4 is 16.7 Å². The number of fused-ring (bicyclic) bond motifs is 1. The Morgan fingerprint density at radius 3 is 2.53 bits per heavy atom. The Hall–Kier alpha value is -4.39. The predicted octanol–water partition coefficient (Wildman–Crippen LogP) is 5.24. The van der Waals surface area contributed by atoms with Crippen LogP contribution in [-0.4, -0.2) is 27.2 Å². The molecule has 0 bridgehead atoms. The van der Waals surface area contributed by atoms with Gasteiger partial charge in [-0.05, 0) is 42.3 Å². The van der Waals surface area contributed by atoms with Crippen LogP contribution in [0.3, 0.4) is 0 Å². The number of benzene rings is 3. The third kappa shape index (κ3) is 5.15. The minimum Gasteiger partial charge on any atom is -0.488 e. The molecule has 0 atom stereocenters. The molecule has 7 nitrogen and oxygen atoms in total. The molecule has 0 fully saturated rings. The van der Waals surface area contributed by atoms with E-state index in [-0.39, 0.29) is 12.5 Å². The first-order chi connectivity index (χ1) is 17.6. The van der Waals surface area contributed by atoms with Crippen molar-refractivity contribution in [1.29, 1.82) is 0 Å². The first-order valence-corrected chi connectivity index (χ1v) is 12.0. The molecule has 5 aromatic rings. The molecule has 1 N–H and O–H groups in total. The lowest BCUT2D eigenvalue weighted by molar-refractivity contribution is 0.0949. The highest BCUT2D eigenvalue weighted by Gasteiger charge is 2.17. The summed E-state index contributed by atoms with van der Waals surface area (Å²) in [4.78, 5) is 17.7. The number of aryl methyl sites for hydroxylation is 2. The number of ether oxygens (including phenoxy) is 1. The molecule has 5 rings (SSSR count). The molecular weight excluding hydrogens is 452 g/mol. The Labute approximate surface area is 209 Å². The number of nitrogens with zero attached hydrogens (tertiary/aromatic N) is 3. The first-order valence-electron chi connectivity index (χ1n) is 12.0. The van der Waals surface area contributed by atoms with E-state index in [1.807, 2.05) is 74.6 Å². The first kappa shape index (κ1) is 23.4. The third-order valence-corrected chi connectivity index (χ3v) is 6.28. The van der Waals surface area contributed by atoms with Crippen molar-refractivity contribution < 1.29 is 14.1 Å². The minimum atomic E-state index is -0.185. The van der Waals surface area contributed by atoms with Crippen molar-refractivity contribution in [1.82, 2.24) is 20.0 Å². The molecule has 2 heterocycles. The van der Waals surface area contributed by atoms with Crippen LogP contribution < -0.4 is 10.1 Å². The fourth-order valence-electron chi connectivity index (χ4n) is 4.25. The van der Waals surface area contributed by atoms with E-state index in [9.17, 15) is 4.79 Å². The van der Waals surface area contributed by atoms with Crippen LogP contribution in [-0.2, 0) is 19.6 Å². The van der Waals surface area contributed by atoms with Crippen molar-refractivity contribution in [3.05, 3.63) is 113 Å². The van der Waals surface area contributed by atoms with Gasteiger partial charge in [-0.1, -0.05) is 59.8 Å². The molecule has 0 aliphatic heterocycles. The number of rotatable bonds is 9. The highest BCUT2D eigenvalue weighted by Crippen LogP contribution is 2.28. The Bertz CT molecular complexity index is 1470. The lowest BCUT2D eigenvalue weighted by atomic mass is 10.1. The Kier molecular flexibility index (Phi) is 6.80. The average Bonchev–Trinajstić information content (AvgIpc) is 3.47. The molecule has 0 saturated heterocycles. The fraction of sp³-hybridized carbons (Fsp3) is 0.207. The molecule has 0 radical (unpaired) electrons. The summed E-state index contributed by atoms with van der Waals surface area (Å²) in [6.45, 7) is 5.21. The average molecular weight is 481 g/mol. The fourth-order valence-corrected chi connectivity index (χ4v) is 4.25. The number of hydrogen-bond acceptors (Lipinski definition) is 5. The van der Waals surface area contributed by atoms with Gasteiger partial charge in [-0.2, -0.15) is 0 Å². The smallest absolute Gasteiger partial charge is 0.255 e. The minimum absolute atomic E-state index is 0.185. The maximum atomic E-state index is 13.3. The second-order valence-corrected chi connectivity index (χ2v) is 8.75. The number of amides is 1. The number of hydrogen-bond donors (Lipinski definition) is 1.